The van der Waals surface area contributed by atoms with Crippen LogP contribution >= 0.6 is 23.4 Å². The Kier molecular flexibility index (Phi) is 6.80. The molecule has 1 N–H and O–H groups in total. The molecule has 0 aromatic heterocycles. The molecule has 0 spiro atoms. The Morgan fingerprint density at radius 1 is 1.11 bits per heavy atom. The highest BCUT2D eigenvalue weighted by atomic mass is 35.5. The summed E-state index contributed by atoms with van der Waals surface area (Å²) in [6.45, 7) is 3.55. The van der Waals surface area contributed by atoms with Gasteiger partial charge in [-0.3, -0.25) is 9.59 Å². The minimum Gasteiger partial charge on any atom is -0.339 e. The lowest BCUT2D eigenvalue weighted by Crippen LogP contribution is -2.30. The van der Waals surface area contributed by atoms with Gasteiger partial charge >= 0.3 is 0 Å². The second-order valence-electron chi connectivity index (χ2n) is 6.50. The first-order valence-electron chi connectivity index (χ1n) is 9.20. The number of nitrogens with one attached hydrogen (secondary N) is 1. The Morgan fingerprint density at radius 2 is 1.78 bits per heavy atom. The van der Waals surface area contributed by atoms with E-state index >= 15 is 0 Å². The minimum absolute atomic E-state index is 0.0122. The molecule has 0 radical (unpaired) electrons. The Morgan fingerprint density at radius 3 is 2.44 bits per heavy atom. The molecule has 1 atom stereocenters. The van der Waals surface area contributed by atoms with Crippen LogP contribution in [0.4, 0.5) is 5.69 Å². The first-order chi connectivity index (χ1) is 13.1. The summed E-state index contributed by atoms with van der Waals surface area (Å²) in [5, 5.41) is 3.39. The van der Waals surface area contributed by atoms with Gasteiger partial charge in [0.1, 0.15) is 0 Å². The van der Waals surface area contributed by atoms with Crippen molar-refractivity contribution < 1.29 is 9.59 Å². The first-order valence-corrected chi connectivity index (χ1v) is 10.5. The van der Waals surface area contributed by atoms with Crippen LogP contribution in [0, 0.1) is 0 Å². The lowest BCUT2D eigenvalue weighted by molar-refractivity contribution is -0.115. The zero-order valence-electron chi connectivity index (χ0n) is 15.3. The molecule has 0 aliphatic carbocycles. The smallest absolute Gasteiger partial charge is 0.255 e. The lowest BCUT2D eigenvalue weighted by Gasteiger charge is -2.19. The van der Waals surface area contributed by atoms with E-state index in [2.05, 4.69) is 5.32 Å². The number of hydrogen-bond donors (Lipinski definition) is 1. The van der Waals surface area contributed by atoms with E-state index in [9.17, 15) is 9.59 Å². The fraction of sp³-hybridized carbons (Fsp3) is 0.333. The van der Waals surface area contributed by atoms with Crippen LogP contribution in [-0.4, -0.2) is 35.1 Å². The molecule has 3 rings (SSSR count). The maximum atomic E-state index is 12.8. The van der Waals surface area contributed by atoms with Gasteiger partial charge in [0.25, 0.3) is 5.91 Å². The third-order valence-electron chi connectivity index (χ3n) is 4.56. The van der Waals surface area contributed by atoms with Gasteiger partial charge in [-0.1, -0.05) is 30.7 Å². The van der Waals surface area contributed by atoms with Gasteiger partial charge in [-0.15, -0.1) is 11.8 Å². The monoisotopic (exact) mass is 402 g/mol. The standard InChI is InChI=1S/C21H23ClN2O2S/c1-2-19(27-16-11-9-15(22)10-12-16)20(25)23-18-8-4-3-7-17(18)21(26)24-13-5-6-14-24/h3-4,7-12,19H,2,5-6,13-14H2,1H3,(H,23,25)/t19-/m0/s1. The van der Waals surface area contributed by atoms with Gasteiger partial charge in [0.05, 0.1) is 16.5 Å². The molecule has 0 saturated carbocycles. The maximum Gasteiger partial charge on any atom is 0.255 e. The van der Waals surface area contributed by atoms with Crippen LogP contribution in [0.1, 0.15) is 36.5 Å². The van der Waals surface area contributed by atoms with Crippen LogP contribution in [0.3, 0.4) is 0 Å². The van der Waals surface area contributed by atoms with Crippen LogP contribution in [0.25, 0.3) is 0 Å². The number of likely N-dealkylation sites (tertiary alicyclic amines) is 1. The molecule has 6 heteroatoms. The van der Waals surface area contributed by atoms with Crippen molar-refractivity contribution in [1.29, 1.82) is 0 Å². The Bertz CT molecular complexity index is 804. The molecule has 2 aromatic carbocycles. The fourth-order valence-electron chi connectivity index (χ4n) is 3.08. The molecule has 0 unspecified atom stereocenters. The molecule has 1 fully saturated rings. The third kappa shape index (κ3) is 5.05. The number of anilines is 1. The Labute approximate surface area is 169 Å². The quantitative estimate of drug-likeness (QED) is 0.685. The predicted octanol–water partition coefficient (Wildman–Crippen LogP) is 5.09. The zero-order valence-corrected chi connectivity index (χ0v) is 16.9. The normalized spacial score (nSPS) is 14.8. The number of para-hydroxylation sites is 1. The average Bonchev–Trinajstić information content (AvgIpc) is 3.22. The molecule has 4 nitrogen and oxygen atoms in total. The summed E-state index contributed by atoms with van der Waals surface area (Å²) in [5.41, 5.74) is 1.13. The topological polar surface area (TPSA) is 49.4 Å². The fourth-order valence-corrected chi connectivity index (χ4v) is 4.16. The molecule has 2 aromatic rings. The number of amides is 2. The second-order valence-corrected chi connectivity index (χ2v) is 8.22. The van der Waals surface area contributed by atoms with E-state index in [0.29, 0.717) is 22.7 Å². The number of carbonyl (C=O) groups excluding carboxylic acids is 2. The number of nitrogens with zero attached hydrogens (tertiary/aromatic N) is 1. The molecular weight excluding hydrogens is 380 g/mol. The van der Waals surface area contributed by atoms with Crippen molar-refractivity contribution in [2.24, 2.45) is 0 Å². The molecule has 27 heavy (non-hydrogen) atoms. The molecule has 0 bridgehead atoms. The largest absolute Gasteiger partial charge is 0.339 e. The van der Waals surface area contributed by atoms with Gasteiger partial charge < -0.3 is 10.2 Å². The molecule has 1 aliphatic heterocycles. The highest BCUT2D eigenvalue weighted by molar-refractivity contribution is 8.00. The van der Waals surface area contributed by atoms with E-state index in [-0.39, 0.29) is 17.1 Å². The molecule has 1 saturated heterocycles. The van der Waals surface area contributed by atoms with E-state index in [1.54, 1.807) is 12.1 Å². The van der Waals surface area contributed by atoms with Crippen molar-refractivity contribution >= 4 is 40.9 Å². The summed E-state index contributed by atoms with van der Waals surface area (Å²) in [7, 11) is 0. The van der Waals surface area contributed by atoms with Gasteiger partial charge in [-0.05, 0) is 55.7 Å². The SMILES string of the molecule is CC[C@H](Sc1ccc(Cl)cc1)C(=O)Nc1ccccc1C(=O)N1CCCC1. The maximum absolute atomic E-state index is 12.8. The van der Waals surface area contributed by atoms with Gasteiger partial charge in [0.15, 0.2) is 0 Å². The van der Waals surface area contributed by atoms with E-state index in [0.717, 1.165) is 30.8 Å². The predicted molar refractivity (Wildman–Crippen MR) is 112 cm³/mol. The number of carbonyl (C=O) groups is 2. The van der Waals surface area contributed by atoms with Crippen molar-refractivity contribution in [2.45, 2.75) is 36.3 Å². The lowest BCUT2D eigenvalue weighted by atomic mass is 10.1. The highest BCUT2D eigenvalue weighted by Crippen LogP contribution is 2.28. The van der Waals surface area contributed by atoms with Crippen molar-refractivity contribution in [3.8, 4) is 0 Å². The van der Waals surface area contributed by atoms with Gasteiger partial charge in [-0.25, -0.2) is 0 Å². The summed E-state index contributed by atoms with van der Waals surface area (Å²) >= 11 is 7.43. The van der Waals surface area contributed by atoms with E-state index in [1.807, 2.05) is 48.2 Å². The van der Waals surface area contributed by atoms with Crippen LogP contribution in [0.15, 0.2) is 53.4 Å². The molecular formula is C21H23ClN2O2S. The molecule has 2 amide bonds. The summed E-state index contributed by atoms with van der Waals surface area (Å²) in [6.07, 6.45) is 2.76. The van der Waals surface area contributed by atoms with Crippen molar-refractivity contribution in [3.05, 3.63) is 59.1 Å². The summed E-state index contributed by atoms with van der Waals surface area (Å²) in [5.74, 6) is -0.110. The van der Waals surface area contributed by atoms with Gasteiger partial charge in [0.2, 0.25) is 5.91 Å². The molecule has 1 heterocycles. The van der Waals surface area contributed by atoms with Crippen molar-refractivity contribution in [3.63, 3.8) is 0 Å². The van der Waals surface area contributed by atoms with Crippen molar-refractivity contribution in [1.82, 2.24) is 4.90 Å². The summed E-state index contributed by atoms with van der Waals surface area (Å²) in [6, 6.07) is 14.7. The number of thioether (sulfide) groups is 1. The van der Waals surface area contributed by atoms with Crippen LogP contribution in [0.5, 0.6) is 0 Å². The van der Waals surface area contributed by atoms with E-state index < -0.39 is 0 Å². The third-order valence-corrected chi connectivity index (χ3v) is 6.19. The second kappa shape index (κ2) is 9.29. The van der Waals surface area contributed by atoms with Crippen molar-refractivity contribution in [2.75, 3.05) is 18.4 Å². The number of rotatable bonds is 6. The van der Waals surface area contributed by atoms with Crippen LogP contribution in [0.2, 0.25) is 5.02 Å². The highest BCUT2D eigenvalue weighted by Gasteiger charge is 2.24. The summed E-state index contributed by atoms with van der Waals surface area (Å²) in [4.78, 5) is 28.4. The summed E-state index contributed by atoms with van der Waals surface area (Å²) < 4.78 is 0. The van der Waals surface area contributed by atoms with Crippen LogP contribution < -0.4 is 5.32 Å². The van der Waals surface area contributed by atoms with E-state index in [1.165, 1.54) is 11.8 Å². The minimum atomic E-state index is -0.249. The number of halogens is 1. The molecule has 1 aliphatic rings. The Hall–Kier alpha value is -1.98. The van der Waals surface area contributed by atoms with E-state index in [4.69, 9.17) is 11.6 Å². The zero-order chi connectivity index (χ0) is 19.2. The van der Waals surface area contributed by atoms with Gasteiger partial charge in [0, 0.05) is 23.0 Å². The molecule has 142 valence electrons. The first kappa shape index (κ1) is 19.8. The number of benzene rings is 2. The van der Waals surface area contributed by atoms with Gasteiger partial charge in [-0.2, -0.15) is 0 Å². The van der Waals surface area contributed by atoms with Crippen LogP contribution in [-0.2, 0) is 4.79 Å². The Balaban J connectivity index is 1.72. The number of hydrogen-bond acceptors (Lipinski definition) is 3. The average molecular weight is 403 g/mol.